The first-order valence-corrected chi connectivity index (χ1v) is 9.33. The van der Waals surface area contributed by atoms with Crippen LogP contribution in [0, 0.1) is 0 Å². The standard InChI is InChI=1S/C19H24N6O2/c1-22(18(26)13-24-8-3-4-9-24)15-6-5-14-7-10-25(16(14)11-15)19(27)17-12-20-21-23(17)2/h5-6,11-12H,3-4,7-10,13H2,1-2H3. The Morgan fingerprint density at radius 2 is 1.96 bits per heavy atom. The Balaban J connectivity index is 1.54. The quantitative estimate of drug-likeness (QED) is 0.807. The van der Waals surface area contributed by atoms with E-state index in [1.165, 1.54) is 10.9 Å². The minimum absolute atomic E-state index is 0.0727. The molecule has 3 heterocycles. The fourth-order valence-corrected chi connectivity index (χ4v) is 3.79. The molecule has 0 atom stereocenters. The summed E-state index contributed by atoms with van der Waals surface area (Å²) in [6.07, 6.45) is 4.61. The Hall–Kier alpha value is -2.74. The van der Waals surface area contributed by atoms with Gasteiger partial charge in [-0.3, -0.25) is 14.5 Å². The molecule has 2 aliphatic heterocycles. The number of carbonyl (C=O) groups is 2. The van der Waals surface area contributed by atoms with Crippen molar-refractivity contribution in [2.75, 3.05) is 43.0 Å². The molecule has 2 aliphatic rings. The molecule has 0 aliphatic carbocycles. The number of anilines is 2. The second kappa shape index (κ2) is 7.11. The van der Waals surface area contributed by atoms with Crippen LogP contribution in [-0.2, 0) is 18.3 Å². The lowest BCUT2D eigenvalue weighted by molar-refractivity contribution is -0.119. The summed E-state index contributed by atoms with van der Waals surface area (Å²) in [5.74, 6) is -0.0481. The van der Waals surface area contributed by atoms with Crippen molar-refractivity contribution in [3.63, 3.8) is 0 Å². The lowest BCUT2D eigenvalue weighted by Crippen LogP contribution is -2.37. The molecule has 0 N–H and O–H groups in total. The van der Waals surface area contributed by atoms with Crippen molar-refractivity contribution in [2.45, 2.75) is 19.3 Å². The number of aryl methyl sites for hydroxylation is 1. The van der Waals surface area contributed by atoms with Gasteiger partial charge in [0.05, 0.1) is 12.7 Å². The molecule has 142 valence electrons. The molecular weight excluding hydrogens is 344 g/mol. The topological polar surface area (TPSA) is 74.6 Å². The highest BCUT2D eigenvalue weighted by atomic mass is 16.2. The summed E-state index contributed by atoms with van der Waals surface area (Å²) in [6.45, 7) is 3.04. The van der Waals surface area contributed by atoms with Gasteiger partial charge >= 0.3 is 0 Å². The number of rotatable bonds is 4. The molecule has 27 heavy (non-hydrogen) atoms. The van der Waals surface area contributed by atoms with Gasteiger partial charge in [-0.05, 0) is 50.0 Å². The molecule has 4 rings (SSSR count). The second-order valence-electron chi connectivity index (χ2n) is 7.20. The van der Waals surface area contributed by atoms with E-state index in [-0.39, 0.29) is 11.8 Å². The van der Waals surface area contributed by atoms with E-state index in [0.29, 0.717) is 18.8 Å². The number of carbonyl (C=O) groups excluding carboxylic acids is 2. The third-order valence-electron chi connectivity index (χ3n) is 5.46. The Kier molecular flexibility index (Phi) is 4.65. The summed E-state index contributed by atoms with van der Waals surface area (Å²) >= 11 is 0. The Morgan fingerprint density at radius 1 is 1.19 bits per heavy atom. The van der Waals surface area contributed by atoms with Crippen LogP contribution >= 0.6 is 0 Å². The zero-order chi connectivity index (χ0) is 19.0. The van der Waals surface area contributed by atoms with Gasteiger partial charge in [-0.25, -0.2) is 4.68 Å². The second-order valence-corrected chi connectivity index (χ2v) is 7.20. The molecule has 8 heteroatoms. The molecule has 0 saturated carbocycles. The predicted octanol–water partition coefficient (Wildman–Crippen LogP) is 1.08. The fraction of sp³-hybridized carbons (Fsp3) is 0.474. The third kappa shape index (κ3) is 3.32. The number of likely N-dealkylation sites (tertiary alicyclic amines) is 1. The smallest absolute Gasteiger partial charge is 0.278 e. The zero-order valence-corrected chi connectivity index (χ0v) is 15.8. The third-order valence-corrected chi connectivity index (χ3v) is 5.46. The molecule has 1 aromatic heterocycles. The van der Waals surface area contributed by atoms with E-state index in [0.717, 1.165) is 49.3 Å². The SMILES string of the molecule is CN(C(=O)CN1CCCC1)c1ccc2c(c1)N(C(=O)c1cnnn1C)CC2. The maximum Gasteiger partial charge on any atom is 0.278 e. The summed E-state index contributed by atoms with van der Waals surface area (Å²) in [5.41, 5.74) is 3.23. The van der Waals surface area contributed by atoms with Gasteiger partial charge in [-0.1, -0.05) is 11.3 Å². The number of hydrogen-bond donors (Lipinski definition) is 0. The summed E-state index contributed by atoms with van der Waals surface area (Å²) in [7, 11) is 3.50. The van der Waals surface area contributed by atoms with Gasteiger partial charge < -0.3 is 9.80 Å². The van der Waals surface area contributed by atoms with E-state index < -0.39 is 0 Å². The minimum atomic E-state index is -0.121. The van der Waals surface area contributed by atoms with Gasteiger partial charge in [0.15, 0.2) is 0 Å². The van der Waals surface area contributed by atoms with Crippen molar-refractivity contribution < 1.29 is 9.59 Å². The Labute approximate surface area is 158 Å². The summed E-state index contributed by atoms with van der Waals surface area (Å²) < 4.78 is 1.48. The Morgan fingerprint density at radius 3 is 2.67 bits per heavy atom. The summed E-state index contributed by atoms with van der Waals surface area (Å²) in [6, 6.07) is 5.91. The maximum atomic E-state index is 12.9. The molecule has 1 aromatic carbocycles. The average molecular weight is 368 g/mol. The fourth-order valence-electron chi connectivity index (χ4n) is 3.79. The van der Waals surface area contributed by atoms with Crippen LogP contribution in [0.3, 0.4) is 0 Å². The van der Waals surface area contributed by atoms with Crippen LogP contribution < -0.4 is 9.80 Å². The normalized spacial score (nSPS) is 16.6. The zero-order valence-electron chi connectivity index (χ0n) is 15.8. The van der Waals surface area contributed by atoms with Crippen LogP contribution in [-0.4, -0.2) is 64.9 Å². The highest BCUT2D eigenvalue weighted by molar-refractivity contribution is 6.06. The van der Waals surface area contributed by atoms with Crippen molar-refractivity contribution in [1.82, 2.24) is 19.9 Å². The molecule has 8 nitrogen and oxygen atoms in total. The highest BCUT2D eigenvalue weighted by Gasteiger charge is 2.28. The molecular formula is C19H24N6O2. The monoisotopic (exact) mass is 368 g/mol. The number of fused-ring (bicyclic) bond motifs is 1. The van der Waals surface area contributed by atoms with E-state index >= 15 is 0 Å². The van der Waals surface area contributed by atoms with Gasteiger partial charge in [-0.15, -0.1) is 5.10 Å². The van der Waals surface area contributed by atoms with Crippen molar-refractivity contribution in [3.8, 4) is 0 Å². The largest absolute Gasteiger partial charge is 0.314 e. The van der Waals surface area contributed by atoms with Gasteiger partial charge in [0, 0.05) is 32.0 Å². The lowest BCUT2D eigenvalue weighted by atomic mass is 10.1. The number of likely N-dealkylation sites (N-methyl/N-ethyl adjacent to an activating group) is 1. The molecule has 1 fully saturated rings. The maximum absolute atomic E-state index is 12.9. The van der Waals surface area contributed by atoms with E-state index in [1.807, 2.05) is 18.2 Å². The van der Waals surface area contributed by atoms with Crippen LogP contribution in [0.25, 0.3) is 0 Å². The number of benzene rings is 1. The molecule has 2 aromatic rings. The number of hydrogen-bond acceptors (Lipinski definition) is 5. The number of amides is 2. The summed E-state index contributed by atoms with van der Waals surface area (Å²) in [5, 5.41) is 7.64. The first-order valence-electron chi connectivity index (χ1n) is 9.33. The van der Waals surface area contributed by atoms with Gasteiger partial charge in [-0.2, -0.15) is 0 Å². The molecule has 2 amide bonds. The van der Waals surface area contributed by atoms with Crippen LogP contribution in [0.5, 0.6) is 0 Å². The van der Waals surface area contributed by atoms with E-state index in [2.05, 4.69) is 15.2 Å². The van der Waals surface area contributed by atoms with Crippen LogP contribution in [0.1, 0.15) is 28.9 Å². The number of aromatic nitrogens is 3. The minimum Gasteiger partial charge on any atom is -0.314 e. The van der Waals surface area contributed by atoms with Gasteiger partial charge in [0.2, 0.25) is 5.91 Å². The van der Waals surface area contributed by atoms with Crippen LogP contribution in [0.4, 0.5) is 11.4 Å². The molecule has 0 radical (unpaired) electrons. The molecule has 0 spiro atoms. The lowest BCUT2D eigenvalue weighted by Gasteiger charge is -2.23. The Bertz CT molecular complexity index is 871. The number of nitrogens with zero attached hydrogens (tertiary/aromatic N) is 6. The van der Waals surface area contributed by atoms with Crippen molar-refractivity contribution in [3.05, 3.63) is 35.7 Å². The molecule has 0 unspecified atom stereocenters. The van der Waals surface area contributed by atoms with Crippen molar-refractivity contribution >= 4 is 23.2 Å². The molecule has 0 bridgehead atoms. The van der Waals surface area contributed by atoms with Crippen molar-refractivity contribution in [1.29, 1.82) is 0 Å². The van der Waals surface area contributed by atoms with E-state index in [4.69, 9.17) is 0 Å². The first kappa shape index (κ1) is 17.7. The highest BCUT2D eigenvalue weighted by Crippen LogP contribution is 2.33. The average Bonchev–Trinajstić information content (AvgIpc) is 3.40. The van der Waals surface area contributed by atoms with Crippen LogP contribution in [0.15, 0.2) is 24.4 Å². The van der Waals surface area contributed by atoms with Crippen LogP contribution in [0.2, 0.25) is 0 Å². The van der Waals surface area contributed by atoms with E-state index in [1.54, 1.807) is 23.9 Å². The predicted molar refractivity (Wildman–Crippen MR) is 102 cm³/mol. The van der Waals surface area contributed by atoms with Crippen molar-refractivity contribution in [2.24, 2.45) is 7.05 Å². The molecule has 1 saturated heterocycles. The summed E-state index contributed by atoms with van der Waals surface area (Å²) in [4.78, 5) is 31.1. The van der Waals surface area contributed by atoms with Gasteiger partial charge in [0.1, 0.15) is 5.69 Å². The first-order chi connectivity index (χ1) is 13.0. The van der Waals surface area contributed by atoms with Gasteiger partial charge in [0.25, 0.3) is 5.91 Å². The van der Waals surface area contributed by atoms with E-state index in [9.17, 15) is 9.59 Å².